The molecule has 11 heteroatoms. The van der Waals surface area contributed by atoms with Gasteiger partial charge in [-0.25, -0.2) is 5.43 Å². The van der Waals surface area contributed by atoms with E-state index in [9.17, 15) is 10.1 Å². The number of aryl methyl sites for hydroxylation is 1. The van der Waals surface area contributed by atoms with E-state index in [1.54, 1.807) is 31.2 Å². The summed E-state index contributed by atoms with van der Waals surface area (Å²) in [6, 6.07) is 18.1. The van der Waals surface area contributed by atoms with Crippen LogP contribution in [0.2, 0.25) is 0 Å². The molecule has 37 heavy (non-hydrogen) atoms. The minimum atomic E-state index is -0.399. The number of nitro benzene ring substituents is 1. The van der Waals surface area contributed by atoms with Crippen LogP contribution in [0.5, 0.6) is 0 Å². The number of piperidine rings is 1. The standard InChI is InChI=1S/C26H26N8O3/c1-18-16-19(10-12-22(18)34(35)36)23-13-11-21(37-23)17-27-32-25-29-24(28-20-8-4-2-5-9-20)30-26(31-25)33-14-6-3-7-15-33/h2,4-5,8-13,16-17H,3,6-7,14-15H2,1H3,(H2,28,29,30,31,32)/b27-17-. The van der Waals surface area contributed by atoms with Crippen LogP contribution in [-0.2, 0) is 0 Å². The van der Waals surface area contributed by atoms with Crippen molar-refractivity contribution < 1.29 is 9.34 Å². The molecule has 1 aliphatic heterocycles. The third kappa shape index (κ3) is 5.89. The molecular formula is C26H26N8O3. The van der Waals surface area contributed by atoms with Crippen LogP contribution in [-0.4, -0.2) is 39.2 Å². The maximum atomic E-state index is 11.1. The smallest absolute Gasteiger partial charge is 0.272 e. The number of nitrogens with zero attached hydrogens (tertiary/aromatic N) is 6. The Morgan fingerprint density at radius 1 is 1.00 bits per heavy atom. The minimum Gasteiger partial charge on any atom is -0.455 e. The third-order valence-electron chi connectivity index (χ3n) is 5.95. The second kappa shape index (κ2) is 10.9. The van der Waals surface area contributed by atoms with Crippen LogP contribution in [0.1, 0.15) is 30.6 Å². The van der Waals surface area contributed by atoms with Crippen LogP contribution in [0.3, 0.4) is 0 Å². The molecule has 1 aliphatic rings. The number of rotatable bonds is 8. The molecule has 0 amide bonds. The van der Waals surface area contributed by atoms with Crippen molar-refractivity contribution in [3.63, 3.8) is 0 Å². The highest BCUT2D eigenvalue weighted by atomic mass is 16.6. The van der Waals surface area contributed by atoms with Crippen LogP contribution in [0, 0.1) is 17.0 Å². The number of hydrogen-bond donors (Lipinski definition) is 2. The molecule has 0 aliphatic carbocycles. The summed E-state index contributed by atoms with van der Waals surface area (Å²) in [7, 11) is 0. The zero-order valence-electron chi connectivity index (χ0n) is 20.3. The SMILES string of the molecule is Cc1cc(-c2ccc(/C=N\Nc3nc(Nc4ccccc4)nc(N4CCCCC4)n3)o2)ccc1[N+](=O)[O-]. The molecule has 3 heterocycles. The molecule has 5 rings (SSSR count). The molecular weight excluding hydrogens is 472 g/mol. The molecule has 1 saturated heterocycles. The Hall–Kier alpha value is -4.80. The zero-order chi connectivity index (χ0) is 25.6. The monoisotopic (exact) mass is 498 g/mol. The summed E-state index contributed by atoms with van der Waals surface area (Å²) in [6.45, 7) is 3.49. The summed E-state index contributed by atoms with van der Waals surface area (Å²) in [5.74, 6) is 2.42. The predicted molar refractivity (Wildman–Crippen MR) is 142 cm³/mol. The predicted octanol–water partition coefficient (Wildman–Crippen LogP) is 5.53. The highest BCUT2D eigenvalue weighted by Gasteiger charge is 2.17. The first-order chi connectivity index (χ1) is 18.0. The van der Waals surface area contributed by atoms with E-state index in [0.717, 1.165) is 37.2 Å². The fraction of sp³-hybridized carbons (Fsp3) is 0.231. The van der Waals surface area contributed by atoms with Gasteiger partial charge in [-0.1, -0.05) is 18.2 Å². The highest BCUT2D eigenvalue weighted by Crippen LogP contribution is 2.27. The van der Waals surface area contributed by atoms with E-state index >= 15 is 0 Å². The van der Waals surface area contributed by atoms with E-state index in [1.807, 2.05) is 30.3 Å². The molecule has 0 bridgehead atoms. The molecule has 1 fully saturated rings. The van der Waals surface area contributed by atoms with Crippen molar-refractivity contribution in [3.8, 4) is 11.3 Å². The van der Waals surface area contributed by atoms with E-state index in [4.69, 9.17) is 4.42 Å². The number of furan rings is 1. The van der Waals surface area contributed by atoms with Crippen LogP contribution >= 0.6 is 0 Å². The Morgan fingerprint density at radius 3 is 2.54 bits per heavy atom. The number of hydrogen-bond acceptors (Lipinski definition) is 10. The summed E-state index contributed by atoms with van der Waals surface area (Å²) < 4.78 is 5.85. The highest BCUT2D eigenvalue weighted by molar-refractivity contribution is 5.78. The number of benzene rings is 2. The average molecular weight is 499 g/mol. The number of nitrogens with one attached hydrogen (secondary N) is 2. The van der Waals surface area contributed by atoms with E-state index in [-0.39, 0.29) is 5.69 Å². The Bertz CT molecular complexity index is 1410. The second-order valence-corrected chi connectivity index (χ2v) is 8.65. The molecule has 11 nitrogen and oxygen atoms in total. The number of nitro groups is 1. The molecule has 0 radical (unpaired) electrons. The number of anilines is 4. The van der Waals surface area contributed by atoms with Crippen LogP contribution in [0.15, 0.2) is 70.2 Å². The van der Waals surface area contributed by atoms with Gasteiger partial charge in [0.15, 0.2) is 0 Å². The maximum absolute atomic E-state index is 11.1. The minimum absolute atomic E-state index is 0.0729. The molecule has 0 saturated carbocycles. The number of para-hydroxylation sites is 1. The second-order valence-electron chi connectivity index (χ2n) is 8.65. The van der Waals surface area contributed by atoms with Crippen molar-refractivity contribution in [2.24, 2.45) is 5.10 Å². The van der Waals surface area contributed by atoms with Crippen LogP contribution < -0.4 is 15.6 Å². The van der Waals surface area contributed by atoms with Gasteiger partial charge < -0.3 is 14.6 Å². The van der Waals surface area contributed by atoms with Crippen molar-refractivity contribution in [3.05, 3.63) is 82.1 Å². The molecule has 0 spiro atoms. The lowest BCUT2D eigenvalue weighted by Gasteiger charge is -2.26. The third-order valence-corrected chi connectivity index (χ3v) is 5.95. The van der Waals surface area contributed by atoms with Gasteiger partial charge in [0.2, 0.25) is 17.8 Å². The van der Waals surface area contributed by atoms with E-state index in [2.05, 4.69) is 35.7 Å². The lowest BCUT2D eigenvalue weighted by atomic mass is 10.1. The Morgan fingerprint density at radius 2 is 1.78 bits per heavy atom. The molecule has 188 valence electrons. The summed E-state index contributed by atoms with van der Waals surface area (Å²) in [4.78, 5) is 26.5. The van der Waals surface area contributed by atoms with E-state index < -0.39 is 4.92 Å². The van der Waals surface area contributed by atoms with Gasteiger partial charge in [-0.2, -0.15) is 20.1 Å². The van der Waals surface area contributed by atoms with Gasteiger partial charge in [0.1, 0.15) is 11.5 Å². The fourth-order valence-corrected chi connectivity index (χ4v) is 4.10. The molecule has 2 N–H and O–H groups in total. The van der Waals surface area contributed by atoms with Crippen molar-refractivity contribution >= 4 is 35.4 Å². The summed E-state index contributed by atoms with van der Waals surface area (Å²) in [5.41, 5.74) is 5.14. The molecule has 4 aromatic rings. The van der Waals surface area contributed by atoms with Crippen LogP contribution in [0.25, 0.3) is 11.3 Å². The van der Waals surface area contributed by atoms with Gasteiger partial charge in [0.05, 0.1) is 11.1 Å². The Balaban J connectivity index is 1.32. The first kappa shape index (κ1) is 23.9. The number of hydrazone groups is 1. The summed E-state index contributed by atoms with van der Waals surface area (Å²) >= 11 is 0. The topological polar surface area (TPSA) is 135 Å². The van der Waals surface area contributed by atoms with Gasteiger partial charge in [0.25, 0.3) is 5.69 Å². The maximum Gasteiger partial charge on any atom is 0.272 e. The largest absolute Gasteiger partial charge is 0.455 e. The van der Waals surface area contributed by atoms with Crippen molar-refractivity contribution in [2.45, 2.75) is 26.2 Å². The van der Waals surface area contributed by atoms with Crippen molar-refractivity contribution in [1.82, 2.24) is 15.0 Å². The Labute approximate surface area is 213 Å². The van der Waals surface area contributed by atoms with Gasteiger partial charge in [-0.3, -0.25) is 10.1 Å². The van der Waals surface area contributed by atoms with Gasteiger partial charge in [-0.05, 0) is 62.6 Å². The quantitative estimate of drug-likeness (QED) is 0.183. The Kier molecular flexibility index (Phi) is 7.02. The van der Waals surface area contributed by atoms with Crippen molar-refractivity contribution in [1.29, 1.82) is 0 Å². The normalized spacial score (nSPS) is 13.6. The lowest BCUT2D eigenvalue weighted by Crippen LogP contribution is -2.31. The van der Waals surface area contributed by atoms with Crippen molar-refractivity contribution in [2.75, 3.05) is 28.7 Å². The molecule has 2 aromatic heterocycles. The van der Waals surface area contributed by atoms with E-state index in [1.165, 1.54) is 18.7 Å². The lowest BCUT2D eigenvalue weighted by molar-refractivity contribution is -0.385. The van der Waals surface area contributed by atoms with Gasteiger partial charge in [-0.15, -0.1) is 0 Å². The summed E-state index contributed by atoms with van der Waals surface area (Å²) in [6.07, 6.45) is 4.93. The first-order valence-electron chi connectivity index (χ1n) is 12.0. The fourth-order valence-electron chi connectivity index (χ4n) is 4.10. The first-order valence-corrected chi connectivity index (χ1v) is 12.0. The van der Waals surface area contributed by atoms with E-state index in [0.29, 0.717) is 34.9 Å². The van der Waals surface area contributed by atoms with Gasteiger partial charge >= 0.3 is 0 Å². The van der Waals surface area contributed by atoms with Gasteiger partial charge in [0, 0.05) is 36.0 Å². The van der Waals surface area contributed by atoms with Crippen LogP contribution in [0.4, 0.5) is 29.2 Å². The molecule has 0 unspecified atom stereocenters. The molecule has 2 aromatic carbocycles. The zero-order valence-corrected chi connectivity index (χ0v) is 20.3. The summed E-state index contributed by atoms with van der Waals surface area (Å²) in [5, 5.41) is 18.5. The number of aromatic nitrogens is 3. The average Bonchev–Trinajstić information content (AvgIpc) is 3.38. The molecule has 0 atom stereocenters.